The molecule has 1 aromatic rings. The SMILES string of the molecule is CC(C)C1(Cc2ccccc2Cl)CCCCCN1. The second-order valence-corrected chi connectivity index (χ2v) is 6.22. The quantitative estimate of drug-likeness (QED) is 0.852. The van der Waals surface area contributed by atoms with Crippen LogP contribution in [0, 0.1) is 5.92 Å². The van der Waals surface area contributed by atoms with Gasteiger partial charge in [-0.1, -0.05) is 56.5 Å². The Hall–Kier alpha value is -0.530. The largest absolute Gasteiger partial charge is 0.311 e. The van der Waals surface area contributed by atoms with Crippen LogP contribution in [0.3, 0.4) is 0 Å². The molecule has 1 nitrogen and oxygen atoms in total. The van der Waals surface area contributed by atoms with Crippen molar-refractivity contribution < 1.29 is 0 Å². The zero-order valence-electron chi connectivity index (χ0n) is 11.5. The van der Waals surface area contributed by atoms with E-state index in [1.807, 2.05) is 12.1 Å². The molecular formula is C16H24ClN. The first kappa shape index (κ1) is 13.9. The van der Waals surface area contributed by atoms with E-state index in [0.717, 1.165) is 18.0 Å². The van der Waals surface area contributed by atoms with Crippen LogP contribution in [-0.4, -0.2) is 12.1 Å². The second kappa shape index (κ2) is 6.08. The summed E-state index contributed by atoms with van der Waals surface area (Å²) >= 11 is 6.32. The molecule has 1 aromatic carbocycles. The summed E-state index contributed by atoms with van der Waals surface area (Å²) < 4.78 is 0. The van der Waals surface area contributed by atoms with Crippen LogP contribution in [0.5, 0.6) is 0 Å². The van der Waals surface area contributed by atoms with Gasteiger partial charge in [0.1, 0.15) is 0 Å². The van der Waals surface area contributed by atoms with Gasteiger partial charge < -0.3 is 5.32 Å². The molecule has 100 valence electrons. The van der Waals surface area contributed by atoms with Crippen LogP contribution in [0.2, 0.25) is 5.02 Å². The van der Waals surface area contributed by atoms with Gasteiger partial charge in [0.2, 0.25) is 0 Å². The minimum absolute atomic E-state index is 0.224. The van der Waals surface area contributed by atoms with E-state index in [2.05, 4.69) is 31.3 Å². The molecule has 1 saturated heterocycles. The van der Waals surface area contributed by atoms with E-state index in [-0.39, 0.29) is 5.54 Å². The molecule has 0 amide bonds. The number of hydrogen-bond donors (Lipinski definition) is 1. The van der Waals surface area contributed by atoms with Crippen molar-refractivity contribution in [3.63, 3.8) is 0 Å². The lowest BCUT2D eigenvalue weighted by molar-refractivity contribution is 0.226. The Morgan fingerprint density at radius 3 is 2.72 bits per heavy atom. The molecule has 2 heteroatoms. The smallest absolute Gasteiger partial charge is 0.0438 e. The Labute approximate surface area is 116 Å². The number of benzene rings is 1. The maximum absolute atomic E-state index is 6.32. The molecule has 2 rings (SSSR count). The molecule has 1 atom stereocenters. The molecule has 1 unspecified atom stereocenters. The molecule has 0 radical (unpaired) electrons. The fourth-order valence-corrected chi connectivity index (χ4v) is 3.20. The van der Waals surface area contributed by atoms with Crippen LogP contribution in [0.4, 0.5) is 0 Å². The molecule has 1 N–H and O–H groups in total. The Balaban J connectivity index is 2.22. The van der Waals surface area contributed by atoms with Crippen LogP contribution >= 0.6 is 11.6 Å². The van der Waals surface area contributed by atoms with Crippen LogP contribution in [0.15, 0.2) is 24.3 Å². The van der Waals surface area contributed by atoms with Crippen LogP contribution in [0.25, 0.3) is 0 Å². The normalized spacial score (nSPS) is 25.1. The van der Waals surface area contributed by atoms with Crippen molar-refractivity contribution in [2.45, 2.75) is 51.5 Å². The van der Waals surface area contributed by atoms with E-state index in [1.165, 1.54) is 31.2 Å². The van der Waals surface area contributed by atoms with Gasteiger partial charge >= 0.3 is 0 Å². The van der Waals surface area contributed by atoms with Crippen molar-refractivity contribution >= 4 is 11.6 Å². The van der Waals surface area contributed by atoms with Gasteiger partial charge in [0.05, 0.1) is 0 Å². The average Bonchev–Trinajstić information content (AvgIpc) is 2.59. The summed E-state index contributed by atoms with van der Waals surface area (Å²) in [5.74, 6) is 0.631. The standard InChI is InChI=1S/C16H24ClN/c1-13(2)16(10-6-3-7-11-18-16)12-14-8-4-5-9-15(14)17/h4-5,8-9,13,18H,3,6-7,10-12H2,1-2H3. The lowest BCUT2D eigenvalue weighted by Crippen LogP contribution is -2.51. The van der Waals surface area contributed by atoms with Crippen LogP contribution < -0.4 is 5.32 Å². The zero-order chi connectivity index (χ0) is 13.0. The fraction of sp³-hybridized carbons (Fsp3) is 0.625. The second-order valence-electron chi connectivity index (χ2n) is 5.82. The molecule has 1 aliphatic heterocycles. The third-order valence-electron chi connectivity index (χ3n) is 4.35. The van der Waals surface area contributed by atoms with Gasteiger partial charge in [-0.25, -0.2) is 0 Å². The molecule has 0 spiro atoms. The predicted octanol–water partition coefficient (Wildman–Crippen LogP) is 4.44. The van der Waals surface area contributed by atoms with Gasteiger partial charge in [-0.3, -0.25) is 0 Å². The molecule has 0 aliphatic carbocycles. The van der Waals surface area contributed by atoms with Gasteiger partial charge in [0.25, 0.3) is 0 Å². The number of rotatable bonds is 3. The first-order valence-corrected chi connectivity index (χ1v) is 7.50. The van der Waals surface area contributed by atoms with Gasteiger partial charge in [0, 0.05) is 10.6 Å². The lowest BCUT2D eigenvalue weighted by atomic mass is 9.77. The summed E-state index contributed by atoms with van der Waals surface area (Å²) in [6.07, 6.45) is 6.29. The Bertz CT molecular complexity index is 378. The van der Waals surface area contributed by atoms with Crippen molar-refractivity contribution in [1.29, 1.82) is 0 Å². The third kappa shape index (κ3) is 3.07. The van der Waals surface area contributed by atoms with E-state index in [1.54, 1.807) is 0 Å². The van der Waals surface area contributed by atoms with Crippen LogP contribution in [0.1, 0.15) is 45.1 Å². The monoisotopic (exact) mass is 265 g/mol. The van der Waals surface area contributed by atoms with Gasteiger partial charge in [-0.2, -0.15) is 0 Å². The highest BCUT2D eigenvalue weighted by Crippen LogP contribution is 2.32. The summed E-state index contributed by atoms with van der Waals surface area (Å²) in [5.41, 5.74) is 1.50. The first-order chi connectivity index (χ1) is 8.64. The molecule has 0 aromatic heterocycles. The van der Waals surface area contributed by atoms with E-state index in [0.29, 0.717) is 5.92 Å². The molecule has 1 aliphatic rings. The Morgan fingerprint density at radius 1 is 1.22 bits per heavy atom. The summed E-state index contributed by atoms with van der Waals surface area (Å²) in [6, 6.07) is 8.26. The van der Waals surface area contributed by atoms with Crippen molar-refractivity contribution in [3.8, 4) is 0 Å². The molecule has 1 heterocycles. The lowest BCUT2D eigenvalue weighted by Gasteiger charge is -2.38. The minimum atomic E-state index is 0.224. The van der Waals surface area contributed by atoms with E-state index < -0.39 is 0 Å². The molecular weight excluding hydrogens is 242 g/mol. The third-order valence-corrected chi connectivity index (χ3v) is 4.71. The van der Waals surface area contributed by atoms with Crippen molar-refractivity contribution in [3.05, 3.63) is 34.9 Å². The van der Waals surface area contributed by atoms with Crippen LogP contribution in [-0.2, 0) is 6.42 Å². The van der Waals surface area contributed by atoms with Crippen molar-refractivity contribution in [1.82, 2.24) is 5.32 Å². The minimum Gasteiger partial charge on any atom is -0.311 e. The Morgan fingerprint density at radius 2 is 2.00 bits per heavy atom. The average molecular weight is 266 g/mol. The molecule has 18 heavy (non-hydrogen) atoms. The highest BCUT2D eigenvalue weighted by atomic mass is 35.5. The molecule has 0 bridgehead atoms. The maximum Gasteiger partial charge on any atom is 0.0438 e. The molecule has 0 saturated carbocycles. The number of halogens is 1. The van der Waals surface area contributed by atoms with E-state index in [4.69, 9.17) is 11.6 Å². The first-order valence-electron chi connectivity index (χ1n) is 7.12. The number of nitrogens with one attached hydrogen (secondary N) is 1. The van der Waals surface area contributed by atoms with Gasteiger partial charge in [0.15, 0.2) is 0 Å². The van der Waals surface area contributed by atoms with Gasteiger partial charge in [-0.05, 0) is 43.4 Å². The summed E-state index contributed by atoms with van der Waals surface area (Å²) in [6.45, 7) is 5.80. The van der Waals surface area contributed by atoms with Crippen molar-refractivity contribution in [2.75, 3.05) is 6.54 Å². The predicted molar refractivity (Wildman–Crippen MR) is 79.2 cm³/mol. The van der Waals surface area contributed by atoms with Gasteiger partial charge in [-0.15, -0.1) is 0 Å². The topological polar surface area (TPSA) is 12.0 Å². The highest BCUT2D eigenvalue weighted by molar-refractivity contribution is 6.31. The van der Waals surface area contributed by atoms with Crippen molar-refractivity contribution in [2.24, 2.45) is 5.92 Å². The van der Waals surface area contributed by atoms with E-state index in [9.17, 15) is 0 Å². The summed E-state index contributed by atoms with van der Waals surface area (Å²) in [5, 5.41) is 4.72. The summed E-state index contributed by atoms with van der Waals surface area (Å²) in [7, 11) is 0. The maximum atomic E-state index is 6.32. The van der Waals surface area contributed by atoms with E-state index >= 15 is 0 Å². The fourth-order valence-electron chi connectivity index (χ4n) is 3.00. The Kier molecular flexibility index (Phi) is 4.69. The molecule has 1 fully saturated rings. The highest BCUT2D eigenvalue weighted by Gasteiger charge is 2.34. The number of hydrogen-bond acceptors (Lipinski definition) is 1. The zero-order valence-corrected chi connectivity index (χ0v) is 12.3. The summed E-state index contributed by atoms with van der Waals surface area (Å²) in [4.78, 5) is 0.